The Bertz CT molecular complexity index is 779. The number of anilines is 1. The highest BCUT2D eigenvalue weighted by molar-refractivity contribution is 7.13. The van der Waals surface area contributed by atoms with Crippen LogP contribution in [0.2, 0.25) is 0 Å². The number of thiazole rings is 1. The average molecular weight is 309 g/mol. The van der Waals surface area contributed by atoms with Crippen LogP contribution in [0, 0.1) is 6.92 Å². The summed E-state index contributed by atoms with van der Waals surface area (Å²) in [4.78, 5) is 8.80. The number of hydrogen-bond donors (Lipinski definition) is 1. The second-order valence-electron chi connectivity index (χ2n) is 5.64. The molecule has 0 aliphatic carbocycles. The molecule has 0 fully saturated rings. The molecule has 0 spiro atoms. The van der Waals surface area contributed by atoms with E-state index in [1.54, 1.807) is 17.5 Å². The van der Waals surface area contributed by atoms with E-state index in [1.807, 2.05) is 12.1 Å². The molecule has 3 aromatic rings. The summed E-state index contributed by atoms with van der Waals surface area (Å²) in [5.41, 5.74) is 10.6. The number of aromatic nitrogens is 2. The van der Waals surface area contributed by atoms with E-state index >= 15 is 0 Å². The Labute approximate surface area is 134 Å². The van der Waals surface area contributed by atoms with E-state index in [9.17, 15) is 0 Å². The van der Waals surface area contributed by atoms with Crippen molar-refractivity contribution < 1.29 is 0 Å². The Morgan fingerprint density at radius 3 is 2.86 bits per heavy atom. The van der Waals surface area contributed by atoms with Gasteiger partial charge in [0, 0.05) is 23.1 Å². The first-order valence-electron chi connectivity index (χ1n) is 7.34. The average Bonchev–Trinajstić information content (AvgIpc) is 2.97. The fraction of sp³-hybridized carbons (Fsp3) is 0.222. The standard InChI is InChI=1S/C18H19N3S/c1-12-4-3-5-14(8-12)9-13(2)16-11-22-18(21-16)15-6-7-20-17(19)10-15/h3-8,10-11,13H,9H2,1-2H3,(H2,19,20). The predicted molar refractivity (Wildman–Crippen MR) is 93.1 cm³/mol. The molecule has 22 heavy (non-hydrogen) atoms. The summed E-state index contributed by atoms with van der Waals surface area (Å²) >= 11 is 1.66. The van der Waals surface area contributed by atoms with E-state index in [2.05, 4.69) is 48.5 Å². The van der Waals surface area contributed by atoms with Crippen LogP contribution in [0.15, 0.2) is 48.0 Å². The van der Waals surface area contributed by atoms with Gasteiger partial charge in [-0.3, -0.25) is 0 Å². The lowest BCUT2D eigenvalue weighted by molar-refractivity contribution is 0.737. The highest BCUT2D eigenvalue weighted by Gasteiger charge is 2.12. The molecule has 0 radical (unpaired) electrons. The van der Waals surface area contributed by atoms with Gasteiger partial charge >= 0.3 is 0 Å². The molecule has 0 saturated heterocycles. The van der Waals surface area contributed by atoms with Crippen molar-refractivity contribution in [2.45, 2.75) is 26.2 Å². The molecule has 2 aromatic heterocycles. The first kappa shape index (κ1) is 14.7. The van der Waals surface area contributed by atoms with Gasteiger partial charge in [0.15, 0.2) is 0 Å². The van der Waals surface area contributed by atoms with Crippen molar-refractivity contribution in [3.63, 3.8) is 0 Å². The number of nitrogen functional groups attached to an aromatic ring is 1. The molecule has 3 rings (SSSR count). The minimum absolute atomic E-state index is 0.394. The molecule has 2 heterocycles. The van der Waals surface area contributed by atoms with Crippen LogP contribution in [0.5, 0.6) is 0 Å². The number of pyridine rings is 1. The fourth-order valence-electron chi connectivity index (χ4n) is 2.52. The summed E-state index contributed by atoms with van der Waals surface area (Å²) in [5.74, 6) is 0.924. The molecule has 1 atom stereocenters. The summed E-state index contributed by atoms with van der Waals surface area (Å²) in [7, 11) is 0. The molecular formula is C18H19N3S. The Hall–Kier alpha value is -2.20. The minimum atomic E-state index is 0.394. The van der Waals surface area contributed by atoms with Gasteiger partial charge in [-0.25, -0.2) is 9.97 Å². The largest absolute Gasteiger partial charge is 0.384 e. The maximum absolute atomic E-state index is 5.74. The van der Waals surface area contributed by atoms with Gasteiger partial charge in [0.25, 0.3) is 0 Å². The molecule has 0 aliphatic rings. The Morgan fingerprint density at radius 2 is 2.09 bits per heavy atom. The van der Waals surface area contributed by atoms with Crippen molar-refractivity contribution in [2.24, 2.45) is 0 Å². The maximum atomic E-state index is 5.74. The van der Waals surface area contributed by atoms with Gasteiger partial charge in [0.05, 0.1) is 5.69 Å². The number of nitrogens with zero attached hydrogens (tertiary/aromatic N) is 2. The van der Waals surface area contributed by atoms with Crippen LogP contribution in [-0.4, -0.2) is 9.97 Å². The van der Waals surface area contributed by atoms with Gasteiger partial charge in [-0.1, -0.05) is 36.8 Å². The van der Waals surface area contributed by atoms with Gasteiger partial charge in [0.1, 0.15) is 10.8 Å². The summed E-state index contributed by atoms with van der Waals surface area (Å²) in [6.45, 7) is 4.35. The zero-order valence-electron chi connectivity index (χ0n) is 12.8. The first-order chi connectivity index (χ1) is 10.6. The van der Waals surface area contributed by atoms with E-state index < -0.39 is 0 Å². The van der Waals surface area contributed by atoms with E-state index in [-0.39, 0.29) is 0 Å². The van der Waals surface area contributed by atoms with E-state index in [4.69, 9.17) is 10.7 Å². The quantitative estimate of drug-likeness (QED) is 0.775. The summed E-state index contributed by atoms with van der Waals surface area (Å²) < 4.78 is 0. The molecule has 0 aliphatic heterocycles. The lowest BCUT2D eigenvalue weighted by Crippen LogP contribution is -1.99. The molecule has 4 heteroatoms. The highest BCUT2D eigenvalue weighted by Crippen LogP contribution is 2.29. The van der Waals surface area contributed by atoms with E-state index in [0.29, 0.717) is 11.7 Å². The number of nitrogens with two attached hydrogens (primary N) is 1. The first-order valence-corrected chi connectivity index (χ1v) is 8.22. The minimum Gasteiger partial charge on any atom is -0.384 e. The van der Waals surface area contributed by atoms with Gasteiger partial charge < -0.3 is 5.73 Å². The molecule has 3 nitrogen and oxygen atoms in total. The number of rotatable bonds is 4. The van der Waals surface area contributed by atoms with Crippen LogP contribution in [0.1, 0.15) is 29.7 Å². The van der Waals surface area contributed by atoms with Crippen molar-refractivity contribution >= 4 is 17.2 Å². The van der Waals surface area contributed by atoms with Crippen LogP contribution in [0.25, 0.3) is 10.6 Å². The molecule has 0 saturated carbocycles. The van der Waals surface area contributed by atoms with Crippen LogP contribution < -0.4 is 5.73 Å². The summed E-state index contributed by atoms with van der Waals surface area (Å²) in [5, 5.41) is 3.15. The molecule has 112 valence electrons. The Kier molecular flexibility index (Phi) is 4.20. The number of hydrogen-bond acceptors (Lipinski definition) is 4. The zero-order valence-corrected chi connectivity index (χ0v) is 13.6. The summed E-state index contributed by atoms with van der Waals surface area (Å²) in [6, 6.07) is 12.5. The molecule has 0 amide bonds. The third-order valence-electron chi connectivity index (χ3n) is 3.68. The lowest BCUT2D eigenvalue weighted by atomic mass is 9.98. The van der Waals surface area contributed by atoms with E-state index in [0.717, 1.165) is 22.7 Å². The van der Waals surface area contributed by atoms with E-state index in [1.165, 1.54) is 11.1 Å². The monoisotopic (exact) mass is 309 g/mol. The van der Waals surface area contributed by atoms with Crippen molar-refractivity contribution in [2.75, 3.05) is 5.73 Å². The summed E-state index contributed by atoms with van der Waals surface area (Å²) in [6.07, 6.45) is 2.73. The third kappa shape index (κ3) is 3.34. The third-order valence-corrected chi connectivity index (χ3v) is 4.59. The van der Waals surface area contributed by atoms with Crippen LogP contribution in [0.3, 0.4) is 0 Å². The van der Waals surface area contributed by atoms with Crippen molar-refractivity contribution in [1.29, 1.82) is 0 Å². The van der Waals surface area contributed by atoms with Crippen LogP contribution >= 0.6 is 11.3 Å². The smallest absolute Gasteiger partial charge is 0.123 e. The Balaban J connectivity index is 1.78. The lowest BCUT2D eigenvalue weighted by Gasteiger charge is -2.09. The SMILES string of the molecule is Cc1cccc(CC(C)c2csc(-c3ccnc(N)c3)n2)c1. The van der Waals surface area contributed by atoms with Gasteiger partial charge in [-0.05, 0) is 31.0 Å². The van der Waals surface area contributed by atoms with Crippen molar-refractivity contribution in [3.05, 3.63) is 64.8 Å². The normalized spacial score (nSPS) is 12.3. The molecule has 1 unspecified atom stereocenters. The maximum Gasteiger partial charge on any atom is 0.123 e. The molecule has 2 N–H and O–H groups in total. The Morgan fingerprint density at radius 1 is 1.23 bits per heavy atom. The fourth-order valence-corrected chi connectivity index (χ4v) is 3.46. The highest BCUT2D eigenvalue weighted by atomic mass is 32.1. The number of benzene rings is 1. The van der Waals surface area contributed by atoms with Gasteiger partial charge in [0.2, 0.25) is 0 Å². The zero-order chi connectivity index (χ0) is 15.5. The van der Waals surface area contributed by atoms with Gasteiger partial charge in [-0.15, -0.1) is 11.3 Å². The van der Waals surface area contributed by atoms with Crippen molar-refractivity contribution in [3.8, 4) is 10.6 Å². The van der Waals surface area contributed by atoms with Crippen molar-refractivity contribution in [1.82, 2.24) is 9.97 Å². The topological polar surface area (TPSA) is 51.8 Å². The molecule has 1 aromatic carbocycles. The van der Waals surface area contributed by atoms with Gasteiger partial charge in [-0.2, -0.15) is 0 Å². The predicted octanol–water partition coefficient (Wildman–Crippen LogP) is 4.44. The second-order valence-corrected chi connectivity index (χ2v) is 6.50. The molecular weight excluding hydrogens is 290 g/mol. The molecule has 0 bridgehead atoms. The number of aryl methyl sites for hydroxylation is 1. The second kappa shape index (κ2) is 6.28. The van der Waals surface area contributed by atoms with Crippen LogP contribution in [0.4, 0.5) is 5.82 Å². The van der Waals surface area contributed by atoms with Crippen LogP contribution in [-0.2, 0) is 6.42 Å².